The van der Waals surface area contributed by atoms with Crippen LogP contribution in [0.2, 0.25) is 5.02 Å². The summed E-state index contributed by atoms with van der Waals surface area (Å²) in [6, 6.07) is 4.36. The Balaban J connectivity index is 1.74. The minimum atomic E-state index is -0.343. The van der Waals surface area contributed by atoms with E-state index in [9.17, 15) is 9.18 Å². The molecule has 0 N–H and O–H groups in total. The van der Waals surface area contributed by atoms with E-state index in [4.69, 9.17) is 11.6 Å². The summed E-state index contributed by atoms with van der Waals surface area (Å²) in [4.78, 5) is 14.0. The third-order valence-corrected chi connectivity index (χ3v) is 4.75. The summed E-state index contributed by atoms with van der Waals surface area (Å²) < 4.78 is 13.0. The maximum absolute atomic E-state index is 13.0. The summed E-state index contributed by atoms with van der Waals surface area (Å²) in [5.41, 5.74) is 0.945. The first-order chi connectivity index (χ1) is 8.98. The Kier molecular flexibility index (Phi) is 3.05. The van der Waals surface area contributed by atoms with Crippen molar-refractivity contribution in [2.45, 2.75) is 32.7 Å². The van der Waals surface area contributed by atoms with Gasteiger partial charge in [-0.2, -0.15) is 0 Å². The smallest absolute Gasteiger partial charge is 0.223 e. The molecule has 2 fully saturated rings. The van der Waals surface area contributed by atoms with Gasteiger partial charge in [0.1, 0.15) is 5.82 Å². The third kappa shape index (κ3) is 2.48. The third-order valence-electron chi connectivity index (χ3n) is 4.40. The molecule has 1 saturated heterocycles. The highest BCUT2D eigenvalue weighted by molar-refractivity contribution is 6.31. The lowest BCUT2D eigenvalue weighted by atomic mass is 9.84. The minimum absolute atomic E-state index is 0.129. The van der Waals surface area contributed by atoms with Gasteiger partial charge in [-0.25, -0.2) is 4.39 Å². The van der Waals surface area contributed by atoms with E-state index in [1.807, 2.05) is 4.90 Å². The van der Waals surface area contributed by atoms with Gasteiger partial charge in [-0.1, -0.05) is 24.6 Å². The lowest BCUT2D eigenvalue weighted by molar-refractivity contribution is -0.128. The van der Waals surface area contributed by atoms with Gasteiger partial charge in [0.15, 0.2) is 0 Å². The number of halogens is 2. The molecule has 0 bridgehead atoms. The van der Waals surface area contributed by atoms with Crippen LogP contribution in [0.3, 0.4) is 0 Å². The molecule has 0 radical (unpaired) electrons. The number of benzene rings is 1. The summed E-state index contributed by atoms with van der Waals surface area (Å²) in [6.45, 7) is 3.49. The number of hydrogen-bond donors (Lipinski definition) is 0. The molecule has 2 aliphatic rings. The van der Waals surface area contributed by atoms with Crippen molar-refractivity contribution in [3.63, 3.8) is 0 Å². The first kappa shape index (κ1) is 12.9. The Hall–Kier alpha value is -1.09. The molecule has 1 aromatic rings. The van der Waals surface area contributed by atoms with Gasteiger partial charge < -0.3 is 4.90 Å². The average molecular weight is 282 g/mol. The number of hydrogen-bond acceptors (Lipinski definition) is 1. The number of amides is 1. The minimum Gasteiger partial charge on any atom is -0.338 e. The van der Waals surface area contributed by atoms with E-state index in [0.717, 1.165) is 12.1 Å². The number of likely N-dealkylation sites (tertiary alicyclic amines) is 1. The first-order valence-corrected chi connectivity index (χ1v) is 7.07. The number of carbonyl (C=O) groups is 1. The van der Waals surface area contributed by atoms with Gasteiger partial charge in [-0.3, -0.25) is 4.79 Å². The molecular formula is C15H17ClFNO. The van der Waals surface area contributed by atoms with E-state index >= 15 is 0 Å². The zero-order valence-electron chi connectivity index (χ0n) is 11.0. The normalized spacial score (nSPS) is 27.1. The van der Waals surface area contributed by atoms with Crippen LogP contribution < -0.4 is 0 Å². The largest absolute Gasteiger partial charge is 0.338 e. The molecule has 1 heterocycles. The van der Waals surface area contributed by atoms with Crippen molar-refractivity contribution in [1.29, 1.82) is 0 Å². The van der Waals surface area contributed by atoms with Crippen molar-refractivity contribution in [3.8, 4) is 0 Å². The number of rotatable bonds is 3. The highest BCUT2D eigenvalue weighted by Crippen LogP contribution is 2.51. The zero-order valence-corrected chi connectivity index (χ0v) is 11.7. The van der Waals surface area contributed by atoms with E-state index in [0.29, 0.717) is 23.9 Å². The van der Waals surface area contributed by atoms with Crippen molar-refractivity contribution in [2.75, 3.05) is 6.54 Å². The van der Waals surface area contributed by atoms with Gasteiger partial charge in [0.25, 0.3) is 0 Å². The molecule has 19 heavy (non-hydrogen) atoms. The zero-order chi connectivity index (χ0) is 13.6. The van der Waals surface area contributed by atoms with Gasteiger partial charge in [0.05, 0.1) is 0 Å². The highest BCUT2D eigenvalue weighted by atomic mass is 35.5. The van der Waals surface area contributed by atoms with Crippen molar-refractivity contribution >= 4 is 17.5 Å². The quantitative estimate of drug-likeness (QED) is 0.828. The van der Waals surface area contributed by atoms with Gasteiger partial charge in [0.2, 0.25) is 5.91 Å². The fourth-order valence-corrected chi connectivity index (χ4v) is 3.32. The Labute approximate surface area is 117 Å². The summed E-state index contributed by atoms with van der Waals surface area (Å²) in [7, 11) is 0. The van der Waals surface area contributed by atoms with Gasteiger partial charge in [-0.05, 0) is 41.9 Å². The second-order valence-corrected chi connectivity index (χ2v) is 6.50. The van der Waals surface area contributed by atoms with E-state index in [1.165, 1.54) is 25.0 Å². The van der Waals surface area contributed by atoms with Crippen LogP contribution >= 0.6 is 11.6 Å². The molecule has 1 aliphatic carbocycles. The monoisotopic (exact) mass is 281 g/mol. The molecule has 0 spiro atoms. The van der Waals surface area contributed by atoms with Crippen LogP contribution in [0.4, 0.5) is 4.39 Å². The molecule has 1 saturated carbocycles. The van der Waals surface area contributed by atoms with Gasteiger partial charge >= 0.3 is 0 Å². The van der Waals surface area contributed by atoms with Gasteiger partial charge in [0, 0.05) is 24.5 Å². The predicted molar refractivity (Wildman–Crippen MR) is 72.3 cm³/mol. The molecule has 1 atom stereocenters. The lowest BCUT2D eigenvalue weighted by Gasteiger charge is -2.24. The molecule has 1 amide bonds. The van der Waals surface area contributed by atoms with E-state index in [2.05, 4.69) is 6.92 Å². The van der Waals surface area contributed by atoms with Crippen molar-refractivity contribution in [1.82, 2.24) is 4.90 Å². The van der Waals surface area contributed by atoms with Crippen molar-refractivity contribution in [3.05, 3.63) is 34.6 Å². The molecule has 2 nitrogen and oxygen atoms in total. The summed E-state index contributed by atoms with van der Waals surface area (Å²) >= 11 is 6.02. The molecule has 4 heteroatoms. The Bertz CT molecular complexity index is 529. The standard InChI is InChI=1S/C15H17ClFNO/c1-15(11-3-4-11)7-14(19)18(9-15)8-10-2-5-12(17)6-13(10)16/h2,5-6,11H,3-4,7-9H2,1H3. The first-order valence-electron chi connectivity index (χ1n) is 6.70. The second-order valence-electron chi connectivity index (χ2n) is 6.09. The molecule has 3 rings (SSSR count). The van der Waals surface area contributed by atoms with Crippen molar-refractivity contribution in [2.24, 2.45) is 11.3 Å². The number of carbonyl (C=O) groups excluding carboxylic acids is 1. The highest BCUT2D eigenvalue weighted by Gasteiger charge is 2.48. The lowest BCUT2D eigenvalue weighted by Crippen LogP contribution is -2.27. The maximum Gasteiger partial charge on any atom is 0.223 e. The van der Waals surface area contributed by atoms with Crippen LogP contribution in [0.15, 0.2) is 18.2 Å². The van der Waals surface area contributed by atoms with E-state index in [-0.39, 0.29) is 17.1 Å². The van der Waals surface area contributed by atoms with Crippen LogP contribution in [-0.2, 0) is 11.3 Å². The molecule has 1 aliphatic heterocycles. The molecule has 102 valence electrons. The van der Waals surface area contributed by atoms with E-state index < -0.39 is 0 Å². The van der Waals surface area contributed by atoms with Crippen LogP contribution in [0.5, 0.6) is 0 Å². The second kappa shape index (κ2) is 4.48. The average Bonchev–Trinajstić information content (AvgIpc) is 3.12. The summed E-state index contributed by atoms with van der Waals surface area (Å²) in [6.07, 6.45) is 3.13. The molecule has 1 aromatic carbocycles. The Morgan fingerprint density at radius 1 is 1.47 bits per heavy atom. The van der Waals surface area contributed by atoms with Crippen LogP contribution in [-0.4, -0.2) is 17.4 Å². The molecule has 0 aromatic heterocycles. The number of nitrogens with zero attached hydrogens (tertiary/aromatic N) is 1. The summed E-state index contributed by atoms with van der Waals surface area (Å²) in [5, 5.41) is 0.396. The predicted octanol–water partition coefficient (Wildman–Crippen LogP) is 3.63. The molecule has 1 unspecified atom stereocenters. The maximum atomic E-state index is 13.0. The van der Waals surface area contributed by atoms with Crippen LogP contribution in [0.25, 0.3) is 0 Å². The van der Waals surface area contributed by atoms with Crippen molar-refractivity contribution < 1.29 is 9.18 Å². The van der Waals surface area contributed by atoms with Crippen LogP contribution in [0.1, 0.15) is 31.7 Å². The summed E-state index contributed by atoms with van der Waals surface area (Å²) in [5.74, 6) is 0.546. The molecular weight excluding hydrogens is 265 g/mol. The van der Waals surface area contributed by atoms with E-state index in [1.54, 1.807) is 6.07 Å². The Morgan fingerprint density at radius 2 is 2.21 bits per heavy atom. The van der Waals surface area contributed by atoms with Gasteiger partial charge in [-0.15, -0.1) is 0 Å². The van der Waals surface area contributed by atoms with Crippen LogP contribution in [0, 0.1) is 17.2 Å². The fraction of sp³-hybridized carbons (Fsp3) is 0.533. The fourth-order valence-electron chi connectivity index (χ4n) is 3.09. The Morgan fingerprint density at radius 3 is 2.84 bits per heavy atom. The SMILES string of the molecule is CC1(C2CC2)CC(=O)N(Cc2ccc(F)cc2Cl)C1. The topological polar surface area (TPSA) is 20.3 Å².